The van der Waals surface area contributed by atoms with Gasteiger partial charge >= 0.3 is 0 Å². The van der Waals surface area contributed by atoms with Crippen molar-refractivity contribution in [1.29, 1.82) is 0 Å². The second kappa shape index (κ2) is 7.20. The number of furan rings is 1. The number of carbonyl (C=O) groups is 2. The summed E-state index contributed by atoms with van der Waals surface area (Å²) in [5, 5.41) is 2.82. The highest BCUT2D eigenvalue weighted by Gasteiger charge is 2.23. The molecule has 3 aromatic heterocycles. The van der Waals surface area contributed by atoms with Crippen molar-refractivity contribution in [3.63, 3.8) is 0 Å². The summed E-state index contributed by atoms with van der Waals surface area (Å²) in [5.41, 5.74) is 11.9. The lowest BCUT2D eigenvalue weighted by Crippen LogP contribution is -2.49. The Bertz CT molecular complexity index is 973. The molecule has 27 heavy (non-hydrogen) atoms. The Hall–Kier alpha value is -3.20. The van der Waals surface area contributed by atoms with E-state index in [2.05, 4.69) is 15.3 Å². The van der Waals surface area contributed by atoms with Gasteiger partial charge in [0.1, 0.15) is 12.0 Å². The Kier molecular flexibility index (Phi) is 4.95. The molecule has 2 amide bonds. The monoisotopic (exact) mass is 370 g/mol. The first-order valence-electron chi connectivity index (χ1n) is 8.67. The highest BCUT2D eigenvalue weighted by atomic mass is 16.3. The van der Waals surface area contributed by atoms with Gasteiger partial charge in [-0.3, -0.25) is 14.0 Å². The first-order chi connectivity index (χ1) is 12.9. The largest absolute Gasteiger partial charge is 0.463 e. The molecule has 0 spiro atoms. The van der Waals surface area contributed by atoms with Crippen LogP contribution in [0.15, 0.2) is 35.2 Å². The maximum atomic E-state index is 12.7. The Morgan fingerprint density at radius 2 is 2.07 bits per heavy atom. The zero-order valence-electron chi connectivity index (χ0n) is 15.2. The van der Waals surface area contributed by atoms with Crippen LogP contribution in [0.2, 0.25) is 0 Å². The van der Waals surface area contributed by atoms with E-state index in [0.717, 1.165) is 12.8 Å². The molecular weight excluding hydrogens is 348 g/mol. The maximum Gasteiger partial charge on any atom is 0.271 e. The smallest absolute Gasteiger partial charge is 0.271 e. The topological polar surface area (TPSA) is 142 Å². The summed E-state index contributed by atoms with van der Waals surface area (Å²) >= 11 is 0. The predicted molar refractivity (Wildman–Crippen MR) is 99.0 cm³/mol. The van der Waals surface area contributed by atoms with E-state index in [1.807, 2.05) is 13.8 Å². The van der Waals surface area contributed by atoms with Gasteiger partial charge in [-0.25, -0.2) is 9.97 Å². The second-order valence-electron chi connectivity index (χ2n) is 6.41. The molecule has 0 aromatic carbocycles. The molecule has 142 valence electrons. The van der Waals surface area contributed by atoms with Gasteiger partial charge in [0.2, 0.25) is 0 Å². The summed E-state index contributed by atoms with van der Waals surface area (Å²) in [6.07, 6.45) is 4.38. The minimum absolute atomic E-state index is 0.0206. The molecule has 0 aliphatic carbocycles. The van der Waals surface area contributed by atoms with Crippen LogP contribution in [0, 0.1) is 0 Å². The Balaban J connectivity index is 2.04. The molecule has 9 nitrogen and oxygen atoms in total. The lowest BCUT2D eigenvalue weighted by atomic mass is 9.94. The van der Waals surface area contributed by atoms with E-state index in [-0.39, 0.29) is 17.0 Å². The highest BCUT2D eigenvalue weighted by Crippen LogP contribution is 2.23. The number of nitrogens with two attached hydrogens (primary N) is 2. The van der Waals surface area contributed by atoms with Crippen LogP contribution in [0.1, 0.15) is 47.7 Å². The fourth-order valence-corrected chi connectivity index (χ4v) is 2.72. The van der Waals surface area contributed by atoms with Crippen LogP contribution in [0.5, 0.6) is 0 Å². The normalized spacial score (nSPS) is 11.7. The Morgan fingerprint density at radius 3 is 2.67 bits per heavy atom. The van der Waals surface area contributed by atoms with Gasteiger partial charge in [-0.05, 0) is 31.0 Å². The molecule has 3 rings (SSSR count). The molecule has 9 heteroatoms. The molecule has 0 bridgehead atoms. The van der Waals surface area contributed by atoms with E-state index < -0.39 is 17.4 Å². The fourth-order valence-electron chi connectivity index (χ4n) is 2.72. The second-order valence-corrected chi connectivity index (χ2v) is 6.41. The summed E-state index contributed by atoms with van der Waals surface area (Å²) in [4.78, 5) is 32.6. The van der Waals surface area contributed by atoms with Gasteiger partial charge in [-0.1, -0.05) is 13.8 Å². The minimum atomic E-state index is -0.731. The molecule has 0 radical (unpaired) electrons. The fraction of sp³-hybridized carbons (Fsp3) is 0.333. The zero-order chi connectivity index (χ0) is 19.6. The van der Waals surface area contributed by atoms with Crippen molar-refractivity contribution in [2.75, 3.05) is 6.54 Å². The molecule has 3 heterocycles. The first-order valence-corrected chi connectivity index (χ1v) is 8.67. The van der Waals surface area contributed by atoms with Gasteiger partial charge in [0.05, 0.1) is 12.0 Å². The van der Waals surface area contributed by atoms with Gasteiger partial charge in [-0.15, -0.1) is 0 Å². The number of fused-ring (bicyclic) bond motifs is 1. The van der Waals surface area contributed by atoms with Crippen LogP contribution in [-0.2, 0) is 0 Å². The van der Waals surface area contributed by atoms with Crippen LogP contribution >= 0.6 is 0 Å². The van der Waals surface area contributed by atoms with Crippen molar-refractivity contribution < 1.29 is 14.0 Å². The molecule has 0 saturated carbocycles. The number of rotatable bonds is 7. The number of carbonyl (C=O) groups excluding carboxylic acids is 2. The molecule has 5 N–H and O–H groups in total. The Labute approximate surface area is 155 Å². The molecule has 0 atom stereocenters. The van der Waals surface area contributed by atoms with Crippen molar-refractivity contribution in [3.8, 4) is 11.5 Å². The number of nitrogens with one attached hydrogen (secondary N) is 1. The lowest BCUT2D eigenvalue weighted by Gasteiger charge is -2.26. The number of primary amides is 1. The molecule has 0 saturated heterocycles. The molecule has 0 fully saturated rings. The van der Waals surface area contributed by atoms with E-state index in [4.69, 9.17) is 15.9 Å². The van der Waals surface area contributed by atoms with Crippen LogP contribution < -0.4 is 16.8 Å². The predicted octanol–water partition coefficient (Wildman–Crippen LogP) is 1.34. The number of hydrogen-bond acceptors (Lipinski definition) is 6. The van der Waals surface area contributed by atoms with Crippen LogP contribution in [-0.4, -0.2) is 38.3 Å². The summed E-state index contributed by atoms with van der Waals surface area (Å²) in [5.74, 6) is -0.635. The van der Waals surface area contributed by atoms with Crippen LogP contribution in [0.25, 0.3) is 17.1 Å². The van der Waals surface area contributed by atoms with Crippen LogP contribution in [0.4, 0.5) is 0 Å². The SMILES string of the molecule is CCC(N)(CC)CNC(=O)c1cc(-c2ccco2)n2cnc(C(N)=O)c2n1. The van der Waals surface area contributed by atoms with E-state index >= 15 is 0 Å². The van der Waals surface area contributed by atoms with E-state index in [1.54, 1.807) is 22.6 Å². The average molecular weight is 370 g/mol. The highest BCUT2D eigenvalue weighted by molar-refractivity contribution is 5.99. The van der Waals surface area contributed by atoms with Crippen molar-refractivity contribution in [2.24, 2.45) is 11.5 Å². The minimum Gasteiger partial charge on any atom is -0.463 e. The third kappa shape index (κ3) is 3.54. The molecule has 0 aliphatic rings. The number of nitrogens with zero attached hydrogens (tertiary/aromatic N) is 3. The zero-order valence-corrected chi connectivity index (χ0v) is 15.2. The Morgan fingerprint density at radius 1 is 1.33 bits per heavy atom. The first kappa shape index (κ1) is 18.6. The number of imidazole rings is 1. The van der Waals surface area contributed by atoms with Gasteiger partial charge < -0.3 is 21.2 Å². The standard InChI is InChI=1S/C18H22N6O3/c1-3-18(20,4-2)9-21-17(26)11-8-12(13-6-5-7-27-13)24-10-22-14(15(19)25)16(24)23-11/h5-8,10H,3-4,9,20H2,1-2H3,(H2,19,25)(H,21,26). The molecular formula is C18H22N6O3. The van der Waals surface area contributed by atoms with Gasteiger partial charge in [0, 0.05) is 12.1 Å². The third-order valence-corrected chi connectivity index (χ3v) is 4.75. The average Bonchev–Trinajstić information content (AvgIpc) is 3.34. The summed E-state index contributed by atoms with van der Waals surface area (Å²) in [6, 6.07) is 5.03. The number of aromatic nitrogens is 3. The van der Waals surface area contributed by atoms with E-state index in [1.165, 1.54) is 12.6 Å². The van der Waals surface area contributed by atoms with E-state index in [9.17, 15) is 9.59 Å². The van der Waals surface area contributed by atoms with E-state index in [0.29, 0.717) is 18.0 Å². The summed E-state index contributed by atoms with van der Waals surface area (Å²) in [6.45, 7) is 4.25. The quantitative estimate of drug-likeness (QED) is 0.573. The third-order valence-electron chi connectivity index (χ3n) is 4.75. The molecule has 0 aliphatic heterocycles. The van der Waals surface area contributed by atoms with Crippen molar-refractivity contribution in [2.45, 2.75) is 32.2 Å². The van der Waals surface area contributed by atoms with Crippen LogP contribution in [0.3, 0.4) is 0 Å². The van der Waals surface area contributed by atoms with Crippen molar-refractivity contribution >= 4 is 17.5 Å². The number of hydrogen-bond donors (Lipinski definition) is 3. The van der Waals surface area contributed by atoms with Gasteiger partial charge in [0.15, 0.2) is 17.1 Å². The van der Waals surface area contributed by atoms with Crippen molar-refractivity contribution in [1.82, 2.24) is 19.7 Å². The maximum absolute atomic E-state index is 12.7. The summed E-state index contributed by atoms with van der Waals surface area (Å²) < 4.78 is 6.99. The van der Waals surface area contributed by atoms with Gasteiger partial charge in [0.25, 0.3) is 11.8 Å². The van der Waals surface area contributed by atoms with Gasteiger partial charge in [-0.2, -0.15) is 0 Å². The summed E-state index contributed by atoms with van der Waals surface area (Å²) in [7, 11) is 0. The van der Waals surface area contributed by atoms with Crippen molar-refractivity contribution in [3.05, 3.63) is 42.2 Å². The molecule has 3 aromatic rings. The lowest BCUT2D eigenvalue weighted by molar-refractivity contribution is 0.0935. The number of amides is 2. The molecule has 0 unspecified atom stereocenters.